The van der Waals surface area contributed by atoms with Gasteiger partial charge in [0.15, 0.2) is 0 Å². The maximum atomic E-state index is 12.6. The second-order valence-corrected chi connectivity index (χ2v) is 6.01. The predicted octanol–water partition coefficient (Wildman–Crippen LogP) is 5.28. The van der Waals surface area contributed by atoms with Gasteiger partial charge in [0.1, 0.15) is 17.4 Å². The van der Waals surface area contributed by atoms with E-state index in [1.54, 1.807) is 29.6 Å². The summed E-state index contributed by atoms with van der Waals surface area (Å²) in [4.78, 5) is 4.38. The summed E-state index contributed by atoms with van der Waals surface area (Å²) in [5.74, 6) is 0.558. The van der Waals surface area contributed by atoms with Crippen LogP contribution in [0, 0.1) is 11.3 Å². The van der Waals surface area contributed by atoms with Crippen molar-refractivity contribution >= 4 is 11.3 Å². The van der Waals surface area contributed by atoms with E-state index < -0.39 is 11.7 Å². The van der Waals surface area contributed by atoms with Gasteiger partial charge in [0.05, 0.1) is 22.9 Å². The molecule has 0 fully saturated rings. The first kappa shape index (κ1) is 17.0. The summed E-state index contributed by atoms with van der Waals surface area (Å²) in [5, 5.41) is 11.3. The Morgan fingerprint density at radius 2 is 1.88 bits per heavy atom. The van der Waals surface area contributed by atoms with Gasteiger partial charge >= 0.3 is 6.18 Å². The van der Waals surface area contributed by atoms with Gasteiger partial charge in [0, 0.05) is 10.9 Å². The van der Waals surface area contributed by atoms with Crippen molar-refractivity contribution in [3.05, 3.63) is 70.7 Å². The molecule has 3 rings (SSSR count). The van der Waals surface area contributed by atoms with Crippen LogP contribution >= 0.6 is 11.3 Å². The summed E-state index contributed by atoms with van der Waals surface area (Å²) in [7, 11) is 0. The third-order valence-electron chi connectivity index (χ3n) is 3.36. The first-order valence-electron chi connectivity index (χ1n) is 7.21. The van der Waals surface area contributed by atoms with Crippen molar-refractivity contribution in [2.75, 3.05) is 0 Å². The highest BCUT2D eigenvalue weighted by atomic mass is 32.1. The highest BCUT2D eigenvalue weighted by Crippen LogP contribution is 2.31. The first-order valence-corrected chi connectivity index (χ1v) is 8.09. The Bertz CT molecular complexity index is 911. The number of rotatable bonds is 4. The number of halogens is 3. The molecule has 0 atom stereocenters. The standard InChI is InChI=1S/C18H11F3N2OS/c19-18(20,21)14-6-4-13(5-7-14)17-23-15(11-25-17)10-24-16-3-1-2-12(8-16)9-22/h1-8,11H,10H2. The SMILES string of the molecule is N#Cc1cccc(OCc2csc(-c3ccc(C(F)(F)F)cc3)n2)c1. The highest BCUT2D eigenvalue weighted by Gasteiger charge is 2.30. The highest BCUT2D eigenvalue weighted by molar-refractivity contribution is 7.13. The third-order valence-corrected chi connectivity index (χ3v) is 4.30. The van der Waals surface area contributed by atoms with Gasteiger partial charge in [-0.2, -0.15) is 18.4 Å². The van der Waals surface area contributed by atoms with Crippen LogP contribution < -0.4 is 4.74 Å². The minimum absolute atomic E-state index is 0.214. The summed E-state index contributed by atoms with van der Waals surface area (Å²) < 4.78 is 43.4. The van der Waals surface area contributed by atoms with Crippen LogP contribution in [-0.2, 0) is 12.8 Å². The number of nitrogens with zero attached hydrogens (tertiary/aromatic N) is 2. The lowest BCUT2D eigenvalue weighted by molar-refractivity contribution is -0.137. The van der Waals surface area contributed by atoms with Gasteiger partial charge in [-0.1, -0.05) is 18.2 Å². The Morgan fingerprint density at radius 3 is 2.56 bits per heavy atom. The third kappa shape index (κ3) is 4.17. The smallest absolute Gasteiger partial charge is 0.416 e. The Labute approximate surface area is 146 Å². The van der Waals surface area contributed by atoms with Gasteiger partial charge < -0.3 is 4.74 Å². The van der Waals surface area contributed by atoms with E-state index in [1.807, 2.05) is 6.07 Å². The fourth-order valence-electron chi connectivity index (χ4n) is 2.12. The molecular weight excluding hydrogens is 349 g/mol. The zero-order chi connectivity index (χ0) is 17.9. The lowest BCUT2D eigenvalue weighted by Crippen LogP contribution is -2.03. The molecule has 0 aliphatic carbocycles. The topological polar surface area (TPSA) is 45.9 Å². The Balaban J connectivity index is 1.69. The van der Waals surface area contributed by atoms with Crippen molar-refractivity contribution in [3.8, 4) is 22.4 Å². The van der Waals surface area contributed by atoms with E-state index >= 15 is 0 Å². The van der Waals surface area contributed by atoms with Crippen molar-refractivity contribution in [2.45, 2.75) is 12.8 Å². The van der Waals surface area contributed by atoms with Crippen molar-refractivity contribution in [3.63, 3.8) is 0 Å². The number of hydrogen-bond acceptors (Lipinski definition) is 4. The molecule has 0 aliphatic rings. The van der Waals surface area contributed by atoms with Crippen LogP contribution in [0.5, 0.6) is 5.75 Å². The molecule has 0 saturated heterocycles. The Kier molecular flexibility index (Phi) is 4.72. The van der Waals surface area contributed by atoms with Crippen LogP contribution in [0.3, 0.4) is 0 Å². The molecule has 0 N–H and O–H groups in total. The van der Waals surface area contributed by atoms with Crippen molar-refractivity contribution < 1.29 is 17.9 Å². The number of hydrogen-bond donors (Lipinski definition) is 0. The van der Waals surface area contributed by atoms with Crippen LogP contribution in [0.1, 0.15) is 16.8 Å². The fraction of sp³-hybridized carbons (Fsp3) is 0.111. The van der Waals surface area contributed by atoms with Crippen molar-refractivity contribution in [2.24, 2.45) is 0 Å². The van der Waals surface area contributed by atoms with E-state index in [-0.39, 0.29) is 6.61 Å². The second kappa shape index (κ2) is 6.95. The minimum Gasteiger partial charge on any atom is -0.487 e. The van der Waals surface area contributed by atoms with E-state index in [1.165, 1.54) is 23.5 Å². The van der Waals surface area contributed by atoms with Crippen LogP contribution in [-0.4, -0.2) is 4.98 Å². The molecule has 0 aliphatic heterocycles. The molecule has 1 aromatic heterocycles. The number of ether oxygens (including phenoxy) is 1. The molecule has 3 nitrogen and oxygen atoms in total. The van der Waals surface area contributed by atoms with Crippen LogP contribution in [0.4, 0.5) is 13.2 Å². The molecule has 0 radical (unpaired) electrons. The predicted molar refractivity (Wildman–Crippen MR) is 88.0 cm³/mol. The molecule has 0 unspecified atom stereocenters. The van der Waals surface area contributed by atoms with Crippen LogP contribution in [0.15, 0.2) is 53.9 Å². The molecular formula is C18H11F3N2OS. The molecule has 2 aromatic carbocycles. The van der Waals surface area contributed by atoms with E-state index in [0.717, 1.165) is 12.1 Å². The molecule has 3 aromatic rings. The zero-order valence-electron chi connectivity index (χ0n) is 12.7. The molecule has 7 heteroatoms. The quantitative estimate of drug-likeness (QED) is 0.636. The largest absolute Gasteiger partial charge is 0.487 e. The average Bonchev–Trinajstić information content (AvgIpc) is 3.08. The average molecular weight is 360 g/mol. The molecule has 0 spiro atoms. The molecule has 25 heavy (non-hydrogen) atoms. The maximum absolute atomic E-state index is 12.6. The van der Waals surface area contributed by atoms with Gasteiger partial charge in [0.25, 0.3) is 0 Å². The number of benzene rings is 2. The first-order chi connectivity index (χ1) is 12.0. The number of thiazole rings is 1. The Morgan fingerprint density at radius 1 is 1.12 bits per heavy atom. The second-order valence-electron chi connectivity index (χ2n) is 5.15. The summed E-state index contributed by atoms with van der Waals surface area (Å²) in [6.07, 6.45) is -4.35. The summed E-state index contributed by atoms with van der Waals surface area (Å²) in [5.41, 5.74) is 1.10. The normalized spacial score (nSPS) is 11.1. The lowest BCUT2D eigenvalue weighted by atomic mass is 10.1. The van der Waals surface area contributed by atoms with E-state index in [0.29, 0.717) is 27.6 Å². The number of nitriles is 1. The zero-order valence-corrected chi connectivity index (χ0v) is 13.6. The van der Waals surface area contributed by atoms with Crippen molar-refractivity contribution in [1.29, 1.82) is 5.26 Å². The maximum Gasteiger partial charge on any atom is 0.416 e. The van der Waals surface area contributed by atoms with Gasteiger partial charge in [-0.25, -0.2) is 4.98 Å². The lowest BCUT2D eigenvalue weighted by Gasteiger charge is -2.06. The van der Waals surface area contributed by atoms with Gasteiger partial charge in [-0.15, -0.1) is 11.3 Å². The van der Waals surface area contributed by atoms with Crippen LogP contribution in [0.25, 0.3) is 10.6 Å². The molecule has 1 heterocycles. The Hall–Kier alpha value is -2.85. The summed E-state index contributed by atoms with van der Waals surface area (Å²) >= 11 is 1.33. The fourth-order valence-corrected chi connectivity index (χ4v) is 2.93. The summed E-state index contributed by atoms with van der Waals surface area (Å²) in [6.45, 7) is 0.214. The summed E-state index contributed by atoms with van der Waals surface area (Å²) in [6, 6.07) is 13.7. The number of alkyl halides is 3. The molecule has 126 valence electrons. The van der Waals surface area contributed by atoms with E-state index in [4.69, 9.17) is 10.00 Å². The van der Waals surface area contributed by atoms with Crippen molar-refractivity contribution in [1.82, 2.24) is 4.98 Å². The monoisotopic (exact) mass is 360 g/mol. The minimum atomic E-state index is -4.35. The van der Waals surface area contributed by atoms with Gasteiger partial charge in [0.2, 0.25) is 0 Å². The van der Waals surface area contributed by atoms with E-state index in [9.17, 15) is 13.2 Å². The molecule has 0 amide bonds. The number of aromatic nitrogens is 1. The van der Waals surface area contributed by atoms with E-state index in [2.05, 4.69) is 4.98 Å². The van der Waals surface area contributed by atoms with Gasteiger partial charge in [-0.05, 0) is 30.3 Å². The molecule has 0 bridgehead atoms. The molecule has 0 saturated carbocycles. The van der Waals surface area contributed by atoms with Gasteiger partial charge in [-0.3, -0.25) is 0 Å². The van der Waals surface area contributed by atoms with Crippen LogP contribution in [0.2, 0.25) is 0 Å².